The van der Waals surface area contributed by atoms with E-state index in [0.717, 1.165) is 11.3 Å². The van der Waals surface area contributed by atoms with E-state index in [9.17, 15) is 0 Å². The van der Waals surface area contributed by atoms with Crippen molar-refractivity contribution >= 4 is 17.6 Å². The molecule has 2 heterocycles. The van der Waals surface area contributed by atoms with Crippen LogP contribution in [0.25, 0.3) is 0 Å². The Morgan fingerprint density at radius 3 is 3.00 bits per heavy atom. The lowest BCUT2D eigenvalue weighted by Gasteiger charge is -2.12. The lowest BCUT2D eigenvalue weighted by atomic mass is 10.2. The van der Waals surface area contributed by atoms with E-state index in [-0.39, 0.29) is 5.96 Å². The highest BCUT2D eigenvalue weighted by Gasteiger charge is 2.20. The van der Waals surface area contributed by atoms with Crippen LogP contribution < -0.4 is 5.73 Å². The van der Waals surface area contributed by atoms with Crippen LogP contribution in [0.3, 0.4) is 0 Å². The van der Waals surface area contributed by atoms with Crippen molar-refractivity contribution < 1.29 is 0 Å². The average molecular weight is 197 g/mol. The van der Waals surface area contributed by atoms with Crippen LogP contribution in [0.2, 0.25) is 5.15 Å². The van der Waals surface area contributed by atoms with E-state index >= 15 is 0 Å². The molecule has 0 unspecified atom stereocenters. The highest BCUT2D eigenvalue weighted by atomic mass is 35.5. The van der Waals surface area contributed by atoms with Gasteiger partial charge in [-0.2, -0.15) is 0 Å². The summed E-state index contributed by atoms with van der Waals surface area (Å²) in [4.78, 5) is 5.90. The second-order valence-corrected chi connectivity index (χ2v) is 3.37. The molecule has 0 saturated heterocycles. The molecule has 0 aromatic carbocycles. The number of nitrogens with zero attached hydrogens (tertiary/aromatic N) is 2. The Labute approximate surface area is 80.8 Å². The standard InChI is InChI=1S/C8H9ClN4/c9-7-2-1-5-3-13(8(10)11)4-6(5)12-7/h1-2H,3-4H2,(H3,10,11). The molecular formula is C8H9ClN4. The van der Waals surface area contributed by atoms with Gasteiger partial charge in [0.2, 0.25) is 0 Å². The molecule has 0 bridgehead atoms. The summed E-state index contributed by atoms with van der Waals surface area (Å²) in [6.07, 6.45) is 0. The minimum atomic E-state index is 0.0779. The third-order valence-corrected chi connectivity index (χ3v) is 2.29. The van der Waals surface area contributed by atoms with Gasteiger partial charge in [0.25, 0.3) is 0 Å². The van der Waals surface area contributed by atoms with Gasteiger partial charge < -0.3 is 10.6 Å². The molecule has 1 aromatic heterocycles. The number of rotatable bonds is 0. The zero-order valence-electron chi connectivity index (χ0n) is 6.92. The summed E-state index contributed by atoms with van der Waals surface area (Å²) >= 11 is 5.74. The van der Waals surface area contributed by atoms with Crippen LogP contribution in [0.4, 0.5) is 0 Å². The van der Waals surface area contributed by atoms with Gasteiger partial charge in [0.15, 0.2) is 5.96 Å². The first-order valence-electron chi connectivity index (χ1n) is 3.90. The molecular weight excluding hydrogens is 188 g/mol. The van der Waals surface area contributed by atoms with Crippen molar-refractivity contribution in [1.29, 1.82) is 5.41 Å². The average Bonchev–Trinajstić information content (AvgIpc) is 2.46. The third kappa shape index (κ3) is 1.45. The van der Waals surface area contributed by atoms with Crippen molar-refractivity contribution in [2.75, 3.05) is 0 Å². The van der Waals surface area contributed by atoms with Crippen LogP contribution >= 0.6 is 11.6 Å². The van der Waals surface area contributed by atoms with Crippen LogP contribution in [0.1, 0.15) is 11.3 Å². The fourth-order valence-electron chi connectivity index (χ4n) is 1.40. The van der Waals surface area contributed by atoms with Gasteiger partial charge in [-0.15, -0.1) is 0 Å². The molecule has 0 fully saturated rings. The van der Waals surface area contributed by atoms with E-state index < -0.39 is 0 Å². The number of guanidine groups is 1. The normalized spacial score (nSPS) is 14.4. The van der Waals surface area contributed by atoms with Crippen molar-refractivity contribution in [3.05, 3.63) is 28.5 Å². The van der Waals surface area contributed by atoms with Crippen LogP contribution in [-0.4, -0.2) is 15.8 Å². The summed E-state index contributed by atoms with van der Waals surface area (Å²) in [6, 6.07) is 3.68. The van der Waals surface area contributed by atoms with Gasteiger partial charge >= 0.3 is 0 Å². The Morgan fingerprint density at radius 1 is 1.54 bits per heavy atom. The quantitative estimate of drug-likeness (QED) is 0.369. The van der Waals surface area contributed by atoms with Gasteiger partial charge in [-0.3, -0.25) is 5.41 Å². The number of hydrogen-bond acceptors (Lipinski definition) is 2. The molecule has 5 heteroatoms. The maximum absolute atomic E-state index is 7.26. The Hall–Kier alpha value is -1.29. The van der Waals surface area contributed by atoms with E-state index in [1.54, 1.807) is 11.0 Å². The smallest absolute Gasteiger partial charge is 0.189 e. The third-order valence-electron chi connectivity index (χ3n) is 2.08. The lowest BCUT2D eigenvalue weighted by Crippen LogP contribution is -2.31. The molecule has 68 valence electrons. The highest BCUT2D eigenvalue weighted by Crippen LogP contribution is 2.21. The SMILES string of the molecule is N=C(N)N1Cc2ccc(Cl)nc2C1. The summed E-state index contributed by atoms with van der Waals surface area (Å²) in [7, 11) is 0. The minimum Gasteiger partial charge on any atom is -0.370 e. The Kier molecular flexibility index (Phi) is 1.84. The molecule has 1 aliphatic heterocycles. The lowest BCUT2D eigenvalue weighted by molar-refractivity contribution is 0.436. The molecule has 0 spiro atoms. The fourth-order valence-corrected chi connectivity index (χ4v) is 1.56. The molecule has 0 amide bonds. The Morgan fingerprint density at radius 2 is 2.31 bits per heavy atom. The van der Waals surface area contributed by atoms with Crippen LogP contribution in [0.15, 0.2) is 12.1 Å². The zero-order chi connectivity index (χ0) is 9.42. The second kappa shape index (κ2) is 2.88. The second-order valence-electron chi connectivity index (χ2n) is 2.98. The fraction of sp³-hybridized carbons (Fsp3) is 0.250. The predicted molar refractivity (Wildman–Crippen MR) is 50.4 cm³/mol. The predicted octanol–water partition coefficient (Wildman–Crippen LogP) is 0.944. The van der Waals surface area contributed by atoms with Crippen molar-refractivity contribution in [3.63, 3.8) is 0 Å². The molecule has 0 saturated carbocycles. The molecule has 4 nitrogen and oxygen atoms in total. The number of aromatic nitrogens is 1. The van der Waals surface area contributed by atoms with Crippen LogP contribution in [0, 0.1) is 5.41 Å². The van der Waals surface area contributed by atoms with Crippen molar-refractivity contribution in [1.82, 2.24) is 9.88 Å². The number of hydrogen-bond donors (Lipinski definition) is 2. The van der Waals surface area contributed by atoms with Gasteiger partial charge in [-0.1, -0.05) is 17.7 Å². The maximum atomic E-state index is 7.26. The molecule has 1 aliphatic rings. The summed E-state index contributed by atoms with van der Waals surface area (Å²) in [5.41, 5.74) is 7.38. The van der Waals surface area contributed by atoms with E-state index in [4.69, 9.17) is 22.7 Å². The van der Waals surface area contributed by atoms with Gasteiger partial charge in [0.05, 0.1) is 12.2 Å². The first kappa shape index (κ1) is 8.31. The van der Waals surface area contributed by atoms with E-state index in [1.807, 2.05) is 6.07 Å². The van der Waals surface area contributed by atoms with Gasteiger partial charge in [-0.25, -0.2) is 4.98 Å². The van der Waals surface area contributed by atoms with Crippen LogP contribution in [0.5, 0.6) is 0 Å². The monoisotopic (exact) mass is 196 g/mol. The first-order chi connectivity index (χ1) is 6.16. The summed E-state index contributed by atoms with van der Waals surface area (Å²) < 4.78 is 0. The number of nitrogens with one attached hydrogen (secondary N) is 1. The number of pyridine rings is 1. The molecule has 0 aliphatic carbocycles. The largest absolute Gasteiger partial charge is 0.370 e. The first-order valence-corrected chi connectivity index (χ1v) is 4.28. The Balaban J connectivity index is 2.30. The maximum Gasteiger partial charge on any atom is 0.189 e. The molecule has 0 radical (unpaired) electrons. The number of halogens is 1. The van der Waals surface area contributed by atoms with Crippen molar-refractivity contribution in [2.45, 2.75) is 13.1 Å². The van der Waals surface area contributed by atoms with Gasteiger partial charge in [0, 0.05) is 6.54 Å². The van der Waals surface area contributed by atoms with Crippen LogP contribution in [-0.2, 0) is 13.1 Å². The molecule has 3 N–H and O–H groups in total. The highest BCUT2D eigenvalue weighted by molar-refractivity contribution is 6.29. The van der Waals surface area contributed by atoms with Gasteiger partial charge in [0.1, 0.15) is 5.15 Å². The van der Waals surface area contributed by atoms with E-state index in [0.29, 0.717) is 18.2 Å². The van der Waals surface area contributed by atoms with Crippen molar-refractivity contribution in [3.8, 4) is 0 Å². The molecule has 2 rings (SSSR count). The number of fused-ring (bicyclic) bond motifs is 1. The zero-order valence-corrected chi connectivity index (χ0v) is 7.67. The summed E-state index contributed by atoms with van der Waals surface area (Å²) in [5, 5.41) is 7.75. The minimum absolute atomic E-state index is 0.0779. The molecule has 13 heavy (non-hydrogen) atoms. The Bertz CT molecular complexity index is 363. The summed E-state index contributed by atoms with van der Waals surface area (Å²) in [6.45, 7) is 1.25. The van der Waals surface area contributed by atoms with E-state index in [1.165, 1.54) is 0 Å². The molecule has 0 atom stereocenters. The van der Waals surface area contributed by atoms with Gasteiger partial charge in [-0.05, 0) is 11.6 Å². The molecule has 1 aromatic rings. The van der Waals surface area contributed by atoms with Crippen molar-refractivity contribution in [2.24, 2.45) is 5.73 Å². The summed E-state index contributed by atoms with van der Waals surface area (Å²) in [5.74, 6) is 0.0779. The number of nitrogens with two attached hydrogens (primary N) is 1. The topological polar surface area (TPSA) is 66.0 Å². The van der Waals surface area contributed by atoms with E-state index in [2.05, 4.69) is 4.98 Å².